The average Bonchev–Trinajstić information content (AvgIpc) is 2.98. The Kier molecular flexibility index (Phi) is 6.27. The Morgan fingerprint density at radius 2 is 2.18 bits per heavy atom. The fraction of sp³-hybridized carbons (Fsp3) is 0.353. The number of nitrogens with one attached hydrogen (secondary N) is 2. The zero-order valence-electron chi connectivity index (χ0n) is 13.0. The highest BCUT2D eigenvalue weighted by molar-refractivity contribution is 7.09. The van der Waals surface area contributed by atoms with E-state index >= 15 is 0 Å². The van der Waals surface area contributed by atoms with E-state index in [9.17, 15) is 4.79 Å². The van der Waals surface area contributed by atoms with Gasteiger partial charge in [0.15, 0.2) is 0 Å². The first-order chi connectivity index (χ1) is 10.6. The van der Waals surface area contributed by atoms with Gasteiger partial charge in [-0.25, -0.2) is 4.79 Å². The largest absolute Gasteiger partial charge is 0.491 e. The van der Waals surface area contributed by atoms with Gasteiger partial charge in [-0.15, -0.1) is 11.3 Å². The smallest absolute Gasteiger partial charge is 0.315 e. The Balaban J connectivity index is 1.63. The molecule has 0 spiro atoms. The molecular formula is C17H22N2O2S. The van der Waals surface area contributed by atoms with Crippen LogP contribution in [0.3, 0.4) is 0 Å². The summed E-state index contributed by atoms with van der Waals surface area (Å²) in [4.78, 5) is 13.0. The molecule has 118 valence electrons. The first-order valence-electron chi connectivity index (χ1n) is 7.39. The summed E-state index contributed by atoms with van der Waals surface area (Å²) in [5.74, 6) is 0.826. The molecule has 0 radical (unpaired) electrons. The zero-order valence-corrected chi connectivity index (χ0v) is 13.8. The van der Waals surface area contributed by atoms with E-state index in [-0.39, 0.29) is 12.1 Å². The maximum Gasteiger partial charge on any atom is 0.315 e. The maximum absolute atomic E-state index is 11.8. The van der Waals surface area contributed by atoms with Gasteiger partial charge in [0.2, 0.25) is 0 Å². The van der Waals surface area contributed by atoms with Crippen molar-refractivity contribution < 1.29 is 9.53 Å². The molecular weight excluding hydrogens is 296 g/mol. The van der Waals surface area contributed by atoms with E-state index in [1.165, 1.54) is 4.88 Å². The summed E-state index contributed by atoms with van der Waals surface area (Å²) in [6.45, 7) is 5.03. The Hall–Kier alpha value is -2.01. The maximum atomic E-state index is 11.8. The lowest BCUT2D eigenvalue weighted by molar-refractivity contribution is 0.226. The minimum atomic E-state index is -0.156. The quantitative estimate of drug-likeness (QED) is 0.822. The van der Waals surface area contributed by atoms with Gasteiger partial charge >= 0.3 is 6.03 Å². The normalized spacial score (nSPS) is 11.7. The molecule has 4 nitrogen and oxygen atoms in total. The number of aryl methyl sites for hydroxylation is 1. The fourth-order valence-corrected chi connectivity index (χ4v) is 2.71. The molecule has 0 saturated carbocycles. The van der Waals surface area contributed by atoms with Crippen molar-refractivity contribution in [2.24, 2.45) is 0 Å². The number of hydrogen-bond donors (Lipinski definition) is 2. The van der Waals surface area contributed by atoms with Gasteiger partial charge in [0.25, 0.3) is 0 Å². The molecule has 0 fully saturated rings. The van der Waals surface area contributed by atoms with Crippen molar-refractivity contribution in [1.82, 2.24) is 10.6 Å². The summed E-state index contributed by atoms with van der Waals surface area (Å²) in [7, 11) is 0. The molecule has 1 unspecified atom stereocenters. The van der Waals surface area contributed by atoms with Crippen molar-refractivity contribution in [3.8, 4) is 5.75 Å². The summed E-state index contributed by atoms with van der Waals surface area (Å²) in [6, 6.07) is 11.8. The van der Waals surface area contributed by atoms with E-state index in [1.54, 1.807) is 11.3 Å². The van der Waals surface area contributed by atoms with Crippen molar-refractivity contribution in [3.63, 3.8) is 0 Å². The van der Waals surface area contributed by atoms with E-state index in [0.29, 0.717) is 13.2 Å². The predicted octanol–water partition coefficient (Wildman–Crippen LogP) is 3.37. The van der Waals surface area contributed by atoms with Crippen LogP contribution in [0, 0.1) is 6.92 Å². The Bertz CT molecular complexity index is 584. The number of hydrogen-bond acceptors (Lipinski definition) is 3. The van der Waals surface area contributed by atoms with E-state index in [1.807, 2.05) is 49.6 Å². The number of ether oxygens (including phenoxy) is 1. The summed E-state index contributed by atoms with van der Waals surface area (Å²) >= 11 is 1.70. The first-order valence-corrected chi connectivity index (χ1v) is 8.27. The van der Waals surface area contributed by atoms with Gasteiger partial charge in [0.05, 0.1) is 6.04 Å². The van der Waals surface area contributed by atoms with Crippen LogP contribution in [0.1, 0.15) is 17.4 Å². The molecule has 2 aromatic rings. The molecule has 1 atom stereocenters. The molecule has 2 N–H and O–H groups in total. The van der Waals surface area contributed by atoms with Crippen molar-refractivity contribution in [2.75, 3.05) is 13.2 Å². The molecule has 22 heavy (non-hydrogen) atoms. The van der Waals surface area contributed by atoms with Crippen LogP contribution >= 0.6 is 11.3 Å². The molecule has 5 heteroatoms. The monoisotopic (exact) mass is 318 g/mol. The van der Waals surface area contributed by atoms with Crippen LogP contribution in [0.25, 0.3) is 0 Å². The first kappa shape index (κ1) is 16.4. The number of carbonyl (C=O) groups is 1. The predicted molar refractivity (Wildman–Crippen MR) is 90.7 cm³/mol. The number of urea groups is 1. The van der Waals surface area contributed by atoms with Gasteiger partial charge in [-0.05, 0) is 49.4 Å². The second kappa shape index (κ2) is 8.44. The van der Waals surface area contributed by atoms with Gasteiger partial charge in [-0.1, -0.05) is 18.2 Å². The van der Waals surface area contributed by atoms with Crippen LogP contribution in [0.5, 0.6) is 5.75 Å². The topological polar surface area (TPSA) is 50.4 Å². The number of benzene rings is 1. The second-order valence-corrected chi connectivity index (χ2v) is 6.29. The molecule has 2 rings (SSSR count). The van der Waals surface area contributed by atoms with E-state index < -0.39 is 0 Å². The minimum Gasteiger partial charge on any atom is -0.491 e. The van der Waals surface area contributed by atoms with Crippen LogP contribution in [-0.2, 0) is 6.42 Å². The van der Waals surface area contributed by atoms with Crippen molar-refractivity contribution in [2.45, 2.75) is 26.3 Å². The third-order valence-corrected chi connectivity index (χ3v) is 4.04. The Morgan fingerprint density at radius 3 is 2.91 bits per heavy atom. The summed E-state index contributed by atoms with van der Waals surface area (Å²) in [5, 5.41) is 7.78. The van der Waals surface area contributed by atoms with Crippen LogP contribution in [-0.4, -0.2) is 25.2 Å². The SMILES string of the molecule is Cc1cccc(OCC(C)NC(=O)NCCc2cccs2)c1. The summed E-state index contributed by atoms with van der Waals surface area (Å²) in [5.41, 5.74) is 1.16. The molecule has 0 saturated heterocycles. The molecule has 1 heterocycles. The zero-order chi connectivity index (χ0) is 15.8. The van der Waals surface area contributed by atoms with E-state index in [0.717, 1.165) is 17.7 Å². The fourth-order valence-electron chi connectivity index (χ4n) is 2.00. The summed E-state index contributed by atoms with van der Waals surface area (Å²) < 4.78 is 5.67. The lowest BCUT2D eigenvalue weighted by Crippen LogP contribution is -2.43. The highest BCUT2D eigenvalue weighted by Gasteiger charge is 2.07. The standard InChI is InChI=1S/C17H22N2O2S/c1-13-5-3-6-15(11-13)21-12-14(2)19-17(20)18-9-8-16-7-4-10-22-16/h3-7,10-11,14H,8-9,12H2,1-2H3,(H2,18,19,20). The number of carbonyl (C=O) groups excluding carboxylic acids is 1. The molecule has 0 aliphatic rings. The molecule has 1 aromatic carbocycles. The Morgan fingerprint density at radius 1 is 1.32 bits per heavy atom. The second-order valence-electron chi connectivity index (χ2n) is 5.26. The van der Waals surface area contributed by atoms with Gasteiger partial charge in [-0.3, -0.25) is 0 Å². The third kappa shape index (κ3) is 5.77. The van der Waals surface area contributed by atoms with Crippen molar-refractivity contribution in [3.05, 3.63) is 52.2 Å². The summed E-state index contributed by atoms with van der Waals surface area (Å²) in [6.07, 6.45) is 0.860. The van der Waals surface area contributed by atoms with Crippen molar-refractivity contribution >= 4 is 17.4 Å². The van der Waals surface area contributed by atoms with E-state index in [2.05, 4.69) is 16.7 Å². The molecule has 0 aliphatic heterocycles. The highest BCUT2D eigenvalue weighted by Crippen LogP contribution is 2.12. The van der Waals surface area contributed by atoms with Gasteiger partial charge in [0, 0.05) is 11.4 Å². The van der Waals surface area contributed by atoms with Gasteiger partial charge < -0.3 is 15.4 Å². The van der Waals surface area contributed by atoms with Crippen LogP contribution in [0.15, 0.2) is 41.8 Å². The Labute approximate surface area is 135 Å². The highest BCUT2D eigenvalue weighted by atomic mass is 32.1. The molecule has 2 amide bonds. The van der Waals surface area contributed by atoms with Crippen LogP contribution in [0.2, 0.25) is 0 Å². The number of amides is 2. The number of rotatable bonds is 7. The van der Waals surface area contributed by atoms with Crippen LogP contribution < -0.4 is 15.4 Å². The molecule has 0 aliphatic carbocycles. The number of thiophene rings is 1. The molecule has 1 aromatic heterocycles. The van der Waals surface area contributed by atoms with E-state index in [4.69, 9.17) is 4.74 Å². The lowest BCUT2D eigenvalue weighted by Gasteiger charge is -2.15. The van der Waals surface area contributed by atoms with Crippen molar-refractivity contribution in [1.29, 1.82) is 0 Å². The minimum absolute atomic E-state index is 0.0535. The average molecular weight is 318 g/mol. The van der Waals surface area contributed by atoms with Crippen LogP contribution in [0.4, 0.5) is 4.79 Å². The lowest BCUT2D eigenvalue weighted by atomic mass is 10.2. The van der Waals surface area contributed by atoms with Gasteiger partial charge in [-0.2, -0.15) is 0 Å². The van der Waals surface area contributed by atoms with Gasteiger partial charge in [0.1, 0.15) is 12.4 Å². The molecule has 0 bridgehead atoms. The third-order valence-electron chi connectivity index (χ3n) is 3.10.